The number of benzene rings is 3. The average molecular weight is 633 g/mol. The zero-order chi connectivity index (χ0) is 23.3. The summed E-state index contributed by atoms with van der Waals surface area (Å²) in [5.74, 6) is -2.08. The maximum absolute atomic E-state index is 14.0. The lowest BCUT2D eigenvalue weighted by Gasteiger charge is -2.55. The highest BCUT2D eigenvalue weighted by atomic mass is 79.9. The number of non-ortho nitro benzene ring substituents is 1. The van der Waals surface area contributed by atoms with Gasteiger partial charge in [0.05, 0.1) is 31.1 Å². The Hall–Kier alpha value is -2.36. The van der Waals surface area contributed by atoms with Gasteiger partial charge in [-0.3, -0.25) is 19.7 Å². The molecule has 9 heteroatoms. The summed E-state index contributed by atoms with van der Waals surface area (Å²) in [4.78, 5) is 39.8. The molecule has 0 unspecified atom stereocenters. The number of nitro benzene ring substituents is 1. The Morgan fingerprint density at radius 1 is 0.788 bits per heavy atom. The number of hydrogen-bond acceptors (Lipinski definition) is 4. The summed E-state index contributed by atoms with van der Waals surface area (Å²) >= 11 is 11.2. The number of rotatable bonds is 2. The number of nitro groups is 1. The Kier molecular flexibility index (Phi) is 4.39. The van der Waals surface area contributed by atoms with Gasteiger partial charge in [0.25, 0.3) is 5.69 Å². The van der Waals surface area contributed by atoms with Crippen LogP contribution in [0.25, 0.3) is 0 Å². The molecule has 1 aliphatic heterocycles. The maximum atomic E-state index is 14.0. The molecule has 6 nitrogen and oxygen atoms in total. The van der Waals surface area contributed by atoms with Crippen LogP contribution in [-0.4, -0.2) is 16.7 Å². The number of imide groups is 1. The minimum absolute atomic E-state index is 0.129. The molecular weight excluding hydrogens is 620 g/mol. The summed E-state index contributed by atoms with van der Waals surface area (Å²) in [5.41, 5.74) is 3.97. The molecule has 3 aromatic carbocycles. The first-order valence-electron chi connectivity index (χ1n) is 10.1. The van der Waals surface area contributed by atoms with Crippen molar-refractivity contribution in [2.45, 2.75) is 8.65 Å². The lowest BCUT2D eigenvalue weighted by molar-refractivity contribution is -0.384. The Bertz CT molecular complexity index is 1300. The lowest BCUT2D eigenvalue weighted by atomic mass is 9.54. The molecule has 2 bridgehead atoms. The van der Waals surface area contributed by atoms with Gasteiger partial charge in [0.2, 0.25) is 11.8 Å². The first kappa shape index (κ1) is 21.2. The van der Waals surface area contributed by atoms with Crippen molar-refractivity contribution in [3.05, 3.63) is 104 Å². The fraction of sp³-hybridized carbons (Fsp3) is 0.167. The van der Waals surface area contributed by atoms with E-state index >= 15 is 0 Å². The number of carbonyl (C=O) groups is 2. The molecule has 4 aliphatic rings. The molecular formula is C24H13Br3N2O4. The molecule has 2 amide bonds. The van der Waals surface area contributed by atoms with Gasteiger partial charge in [-0.25, -0.2) is 4.90 Å². The van der Waals surface area contributed by atoms with E-state index in [9.17, 15) is 19.7 Å². The number of hydrogen-bond donors (Lipinski definition) is 0. The zero-order valence-electron chi connectivity index (χ0n) is 16.7. The number of carbonyl (C=O) groups excluding carboxylic acids is 2. The van der Waals surface area contributed by atoms with E-state index in [4.69, 9.17) is 0 Å². The van der Waals surface area contributed by atoms with Crippen LogP contribution in [0.15, 0.2) is 71.2 Å². The van der Waals surface area contributed by atoms with Gasteiger partial charge in [-0.05, 0) is 44.3 Å². The summed E-state index contributed by atoms with van der Waals surface area (Å²) in [5, 5.41) is 11.2. The Morgan fingerprint density at radius 2 is 1.21 bits per heavy atom. The Balaban J connectivity index is 1.61. The molecule has 164 valence electrons. The number of alkyl halides is 2. The molecule has 3 aliphatic carbocycles. The van der Waals surface area contributed by atoms with Crippen molar-refractivity contribution in [2.75, 3.05) is 4.90 Å². The third-order valence-electron chi connectivity index (χ3n) is 6.97. The van der Waals surface area contributed by atoms with E-state index < -0.39 is 25.4 Å². The number of anilines is 1. The summed E-state index contributed by atoms with van der Waals surface area (Å²) in [6.07, 6.45) is 0. The van der Waals surface area contributed by atoms with E-state index in [2.05, 4.69) is 47.8 Å². The fourth-order valence-electron chi connectivity index (χ4n) is 5.70. The molecule has 1 fully saturated rings. The van der Waals surface area contributed by atoms with E-state index in [1.165, 1.54) is 23.1 Å². The van der Waals surface area contributed by atoms with Gasteiger partial charge in [0.1, 0.15) is 0 Å². The molecule has 1 saturated heterocycles. The molecule has 0 spiro atoms. The van der Waals surface area contributed by atoms with Crippen molar-refractivity contribution >= 4 is 71.0 Å². The van der Waals surface area contributed by atoms with E-state index in [0.29, 0.717) is 10.2 Å². The van der Waals surface area contributed by atoms with Gasteiger partial charge in [-0.2, -0.15) is 0 Å². The normalized spacial score (nSPS) is 29.0. The van der Waals surface area contributed by atoms with Crippen LogP contribution in [0.2, 0.25) is 0 Å². The van der Waals surface area contributed by atoms with Crippen LogP contribution in [0.5, 0.6) is 0 Å². The Labute approximate surface area is 213 Å². The fourth-order valence-corrected chi connectivity index (χ4v) is 8.54. The number of nitrogens with zero attached hydrogens (tertiary/aromatic N) is 2. The van der Waals surface area contributed by atoms with Crippen LogP contribution in [0.3, 0.4) is 0 Å². The zero-order valence-corrected chi connectivity index (χ0v) is 21.4. The highest BCUT2D eigenvalue weighted by Gasteiger charge is 2.72. The minimum Gasteiger partial charge on any atom is -0.274 e. The smallest absolute Gasteiger partial charge is 0.270 e. The van der Waals surface area contributed by atoms with Crippen molar-refractivity contribution in [3.63, 3.8) is 0 Å². The molecule has 0 aromatic heterocycles. The molecule has 1 heterocycles. The molecule has 0 saturated carbocycles. The highest BCUT2D eigenvalue weighted by Crippen LogP contribution is 2.71. The number of halogens is 3. The van der Waals surface area contributed by atoms with Crippen molar-refractivity contribution < 1.29 is 14.5 Å². The third-order valence-corrected chi connectivity index (χ3v) is 10.3. The lowest BCUT2D eigenvalue weighted by Crippen LogP contribution is -2.56. The third kappa shape index (κ3) is 2.42. The molecule has 7 rings (SSSR count). The molecule has 33 heavy (non-hydrogen) atoms. The SMILES string of the molecule is O=C1[C@H]2[C@H](C(=O)N1c1ccc([N+](=O)[O-])cc1Br)C1(Br)c3ccccc3C2(Br)c2ccccc21. The second-order valence-electron chi connectivity index (χ2n) is 8.37. The topological polar surface area (TPSA) is 80.5 Å². The van der Waals surface area contributed by atoms with Crippen molar-refractivity contribution in [1.29, 1.82) is 0 Å². The highest BCUT2D eigenvalue weighted by molar-refractivity contribution is 9.10. The van der Waals surface area contributed by atoms with Crippen molar-refractivity contribution in [3.8, 4) is 0 Å². The standard InChI is InChI=1S/C24H13Br3N2O4/c25-17-11-12(29(32)33)9-10-18(17)28-21(30)19-20(22(28)31)24(27)14-6-2-1-5-13(14)23(19,26)15-7-3-4-8-16(15)24/h1-11,19-20H/t19-,20-,23?,24?/m1/s1. The molecule has 3 aromatic rings. The summed E-state index contributed by atoms with van der Waals surface area (Å²) in [6.45, 7) is 0. The second kappa shape index (κ2) is 6.84. The van der Waals surface area contributed by atoms with Crippen LogP contribution in [0, 0.1) is 22.0 Å². The summed E-state index contributed by atoms with van der Waals surface area (Å²) < 4.78 is -1.45. The van der Waals surface area contributed by atoms with Gasteiger partial charge < -0.3 is 0 Å². The van der Waals surface area contributed by atoms with Crippen molar-refractivity contribution in [1.82, 2.24) is 0 Å². The molecule has 0 N–H and O–H groups in total. The summed E-state index contributed by atoms with van der Waals surface area (Å²) in [6, 6.07) is 19.8. The molecule has 0 radical (unpaired) electrons. The van der Waals surface area contributed by atoms with E-state index in [0.717, 1.165) is 22.3 Å². The predicted octanol–water partition coefficient (Wildman–Crippen LogP) is 5.77. The van der Waals surface area contributed by atoms with Crippen LogP contribution >= 0.6 is 47.8 Å². The van der Waals surface area contributed by atoms with Crippen LogP contribution in [0.1, 0.15) is 22.3 Å². The average Bonchev–Trinajstić information content (AvgIpc) is 3.08. The predicted molar refractivity (Wildman–Crippen MR) is 133 cm³/mol. The van der Waals surface area contributed by atoms with Gasteiger partial charge in [0, 0.05) is 16.6 Å². The van der Waals surface area contributed by atoms with Crippen LogP contribution in [-0.2, 0) is 18.2 Å². The van der Waals surface area contributed by atoms with Crippen LogP contribution < -0.4 is 4.90 Å². The largest absolute Gasteiger partial charge is 0.274 e. The monoisotopic (exact) mass is 630 g/mol. The minimum atomic E-state index is -0.880. The second-order valence-corrected chi connectivity index (χ2v) is 11.7. The Morgan fingerprint density at radius 3 is 1.58 bits per heavy atom. The first-order valence-corrected chi connectivity index (χ1v) is 12.5. The quantitative estimate of drug-likeness (QED) is 0.156. The van der Waals surface area contributed by atoms with E-state index in [1.807, 2.05) is 48.5 Å². The van der Waals surface area contributed by atoms with Crippen molar-refractivity contribution in [2.24, 2.45) is 11.8 Å². The van der Waals surface area contributed by atoms with Gasteiger partial charge in [0.15, 0.2) is 0 Å². The summed E-state index contributed by atoms with van der Waals surface area (Å²) in [7, 11) is 0. The van der Waals surface area contributed by atoms with Gasteiger partial charge in [-0.1, -0.05) is 80.4 Å². The molecule has 2 atom stereocenters. The van der Waals surface area contributed by atoms with Gasteiger partial charge in [-0.15, -0.1) is 0 Å². The van der Waals surface area contributed by atoms with Gasteiger partial charge >= 0.3 is 0 Å². The first-order chi connectivity index (χ1) is 15.7. The van der Waals surface area contributed by atoms with Crippen LogP contribution in [0.4, 0.5) is 11.4 Å². The van der Waals surface area contributed by atoms with E-state index in [1.54, 1.807) is 0 Å². The maximum Gasteiger partial charge on any atom is 0.270 e. The number of amides is 2. The van der Waals surface area contributed by atoms with E-state index in [-0.39, 0.29) is 17.5 Å².